The molecule has 0 spiro atoms. The fourth-order valence-electron chi connectivity index (χ4n) is 2.91. The summed E-state index contributed by atoms with van der Waals surface area (Å²) < 4.78 is 15.6. The van der Waals surface area contributed by atoms with Gasteiger partial charge in [0.05, 0.1) is 29.4 Å². The molecule has 33 heavy (non-hydrogen) atoms. The molecule has 0 aromatic heterocycles. The Bertz CT molecular complexity index is 1170. The summed E-state index contributed by atoms with van der Waals surface area (Å²) in [4.78, 5) is 38.2. The van der Waals surface area contributed by atoms with Crippen molar-refractivity contribution in [3.05, 3.63) is 57.6 Å². The Kier molecular flexibility index (Phi) is 7.91. The highest BCUT2D eigenvalue weighted by molar-refractivity contribution is 7.80. The monoisotopic (exact) mass is 508 g/mol. The maximum Gasteiger partial charge on any atom is 0.343 e. The average molecular weight is 509 g/mol. The zero-order valence-corrected chi connectivity index (χ0v) is 19.8. The molecule has 0 aliphatic carbocycles. The minimum absolute atomic E-state index is 0.118. The van der Waals surface area contributed by atoms with Gasteiger partial charge in [0.25, 0.3) is 11.8 Å². The smallest absolute Gasteiger partial charge is 0.343 e. The lowest BCUT2D eigenvalue weighted by Gasteiger charge is -2.29. The van der Waals surface area contributed by atoms with Crippen LogP contribution in [0.15, 0.2) is 42.0 Å². The van der Waals surface area contributed by atoms with E-state index in [9.17, 15) is 14.4 Å². The number of ether oxygens (including phenoxy) is 3. The van der Waals surface area contributed by atoms with Crippen molar-refractivity contribution in [1.82, 2.24) is 5.32 Å². The summed E-state index contributed by atoms with van der Waals surface area (Å²) in [6, 6.07) is 9.48. The van der Waals surface area contributed by atoms with Crippen LogP contribution in [0.4, 0.5) is 5.69 Å². The molecule has 0 unspecified atom stereocenters. The summed E-state index contributed by atoms with van der Waals surface area (Å²) in [5, 5.41) is 2.72. The Labute approximate surface area is 205 Å². The highest BCUT2D eigenvalue weighted by Gasteiger charge is 2.35. The van der Waals surface area contributed by atoms with Crippen molar-refractivity contribution in [2.24, 2.45) is 0 Å². The number of esters is 1. The fraction of sp³-hybridized carbons (Fsp3) is 0.182. The van der Waals surface area contributed by atoms with Crippen molar-refractivity contribution < 1.29 is 28.6 Å². The van der Waals surface area contributed by atoms with Crippen LogP contribution >= 0.6 is 35.4 Å². The molecular formula is C22H18Cl2N2O6S. The molecule has 1 heterocycles. The SMILES string of the molecule is CCOc1cc(/C=C2\C(=O)NC(=S)N(c3cccc(Cl)c3Cl)C2=O)ccc1OCC(=O)OC. The zero-order chi connectivity index (χ0) is 24.1. The molecule has 0 bridgehead atoms. The molecule has 1 saturated heterocycles. The van der Waals surface area contributed by atoms with Crippen LogP contribution in [0.2, 0.25) is 10.0 Å². The lowest BCUT2D eigenvalue weighted by Crippen LogP contribution is -2.54. The molecule has 1 aliphatic heterocycles. The number of benzene rings is 2. The van der Waals surface area contributed by atoms with Crippen molar-refractivity contribution in [2.45, 2.75) is 6.92 Å². The van der Waals surface area contributed by atoms with Gasteiger partial charge in [-0.3, -0.25) is 19.8 Å². The number of halogens is 2. The van der Waals surface area contributed by atoms with E-state index in [0.717, 1.165) is 4.90 Å². The molecule has 1 N–H and O–H groups in total. The Morgan fingerprint density at radius 2 is 1.91 bits per heavy atom. The number of nitrogens with zero attached hydrogens (tertiary/aromatic N) is 1. The molecule has 0 radical (unpaired) electrons. The van der Waals surface area contributed by atoms with E-state index in [0.29, 0.717) is 23.7 Å². The van der Waals surface area contributed by atoms with Gasteiger partial charge in [-0.25, -0.2) is 4.79 Å². The Morgan fingerprint density at radius 3 is 2.61 bits per heavy atom. The normalized spacial score (nSPS) is 14.8. The van der Waals surface area contributed by atoms with Gasteiger partial charge in [-0.2, -0.15) is 0 Å². The lowest BCUT2D eigenvalue weighted by molar-refractivity contribution is -0.143. The summed E-state index contributed by atoms with van der Waals surface area (Å²) in [5.41, 5.74) is 0.546. The van der Waals surface area contributed by atoms with Gasteiger partial charge in [0, 0.05) is 0 Å². The molecule has 11 heteroatoms. The third-order valence-electron chi connectivity index (χ3n) is 4.43. The number of methoxy groups -OCH3 is 1. The van der Waals surface area contributed by atoms with Crippen LogP contribution in [-0.2, 0) is 19.1 Å². The van der Waals surface area contributed by atoms with Crippen LogP contribution in [-0.4, -0.2) is 43.2 Å². The first-order chi connectivity index (χ1) is 15.8. The number of amides is 2. The molecule has 2 aromatic carbocycles. The first-order valence-electron chi connectivity index (χ1n) is 9.58. The summed E-state index contributed by atoms with van der Waals surface area (Å²) in [6.45, 7) is 1.80. The average Bonchev–Trinajstić information content (AvgIpc) is 2.78. The molecule has 2 amide bonds. The molecule has 0 atom stereocenters. The Balaban J connectivity index is 1.96. The predicted octanol–water partition coefficient (Wildman–Crippen LogP) is 3.78. The lowest BCUT2D eigenvalue weighted by atomic mass is 10.1. The van der Waals surface area contributed by atoms with Gasteiger partial charge in [-0.1, -0.05) is 35.3 Å². The second kappa shape index (κ2) is 10.7. The Morgan fingerprint density at radius 1 is 1.15 bits per heavy atom. The van der Waals surface area contributed by atoms with Gasteiger partial charge < -0.3 is 14.2 Å². The molecule has 3 rings (SSSR count). The van der Waals surface area contributed by atoms with Gasteiger partial charge in [-0.15, -0.1) is 0 Å². The number of thiocarbonyl (C=S) groups is 1. The third-order valence-corrected chi connectivity index (χ3v) is 5.52. The van der Waals surface area contributed by atoms with Crippen LogP contribution in [0.1, 0.15) is 12.5 Å². The highest BCUT2D eigenvalue weighted by Crippen LogP contribution is 2.35. The number of nitrogens with one attached hydrogen (secondary N) is 1. The number of carbonyl (C=O) groups is 3. The molecule has 0 saturated carbocycles. The summed E-state index contributed by atoms with van der Waals surface area (Å²) in [5.74, 6) is -1.26. The van der Waals surface area contributed by atoms with Crippen molar-refractivity contribution >= 4 is 70.1 Å². The quantitative estimate of drug-likeness (QED) is 0.263. The van der Waals surface area contributed by atoms with Crippen LogP contribution in [0.3, 0.4) is 0 Å². The van der Waals surface area contributed by atoms with E-state index in [1.165, 1.54) is 13.2 Å². The maximum absolute atomic E-state index is 13.2. The van der Waals surface area contributed by atoms with E-state index >= 15 is 0 Å². The standard InChI is InChI=1S/C22H18Cl2N2O6S/c1-3-31-17-10-12(7-8-16(17)32-11-18(27)30-2)9-13-20(28)25-22(33)26(21(13)29)15-6-4-5-14(23)19(15)24/h4-10H,3,11H2,1-2H3,(H,25,28,33)/b13-9+. The number of hydrogen-bond acceptors (Lipinski definition) is 7. The van der Waals surface area contributed by atoms with E-state index in [-0.39, 0.29) is 33.0 Å². The van der Waals surface area contributed by atoms with E-state index in [1.807, 2.05) is 0 Å². The van der Waals surface area contributed by atoms with Gasteiger partial charge in [0.15, 0.2) is 23.2 Å². The van der Waals surface area contributed by atoms with Crippen molar-refractivity contribution in [1.29, 1.82) is 0 Å². The van der Waals surface area contributed by atoms with Crippen LogP contribution in [0.25, 0.3) is 6.08 Å². The summed E-state index contributed by atoms with van der Waals surface area (Å²) in [7, 11) is 1.25. The van der Waals surface area contributed by atoms with Gasteiger partial charge in [0.2, 0.25) is 0 Å². The van der Waals surface area contributed by atoms with Crippen LogP contribution in [0.5, 0.6) is 11.5 Å². The summed E-state index contributed by atoms with van der Waals surface area (Å²) in [6.07, 6.45) is 1.39. The van der Waals surface area contributed by atoms with Crippen LogP contribution in [0, 0.1) is 0 Å². The number of anilines is 1. The van der Waals surface area contributed by atoms with Crippen molar-refractivity contribution in [2.75, 3.05) is 25.2 Å². The number of hydrogen-bond donors (Lipinski definition) is 1. The molecule has 2 aromatic rings. The first kappa shape index (κ1) is 24.5. The van der Waals surface area contributed by atoms with E-state index in [1.54, 1.807) is 43.3 Å². The fourth-order valence-corrected chi connectivity index (χ4v) is 3.56. The van der Waals surface area contributed by atoms with Crippen molar-refractivity contribution in [3.63, 3.8) is 0 Å². The van der Waals surface area contributed by atoms with E-state index in [4.69, 9.17) is 44.9 Å². The molecular weight excluding hydrogens is 491 g/mol. The second-order valence-electron chi connectivity index (χ2n) is 6.53. The zero-order valence-electron chi connectivity index (χ0n) is 17.5. The number of rotatable bonds is 7. The topological polar surface area (TPSA) is 94.2 Å². The molecule has 172 valence electrons. The second-order valence-corrected chi connectivity index (χ2v) is 7.71. The van der Waals surface area contributed by atoms with Crippen LogP contribution < -0.4 is 19.7 Å². The van der Waals surface area contributed by atoms with Crippen molar-refractivity contribution in [3.8, 4) is 11.5 Å². The van der Waals surface area contributed by atoms with E-state index in [2.05, 4.69) is 10.1 Å². The third kappa shape index (κ3) is 5.44. The largest absolute Gasteiger partial charge is 0.490 e. The van der Waals surface area contributed by atoms with Gasteiger partial charge >= 0.3 is 5.97 Å². The minimum atomic E-state index is -0.670. The molecule has 1 aliphatic rings. The highest BCUT2D eigenvalue weighted by atomic mass is 35.5. The number of carbonyl (C=O) groups excluding carboxylic acids is 3. The van der Waals surface area contributed by atoms with E-state index < -0.39 is 17.8 Å². The molecule has 8 nitrogen and oxygen atoms in total. The Hall–Kier alpha value is -3.14. The minimum Gasteiger partial charge on any atom is -0.490 e. The predicted molar refractivity (Wildman–Crippen MR) is 128 cm³/mol. The first-order valence-corrected chi connectivity index (χ1v) is 10.7. The van der Waals surface area contributed by atoms with Gasteiger partial charge in [0.1, 0.15) is 5.57 Å². The molecule has 1 fully saturated rings. The summed E-state index contributed by atoms with van der Waals surface area (Å²) >= 11 is 17.5. The van der Waals surface area contributed by atoms with Gasteiger partial charge in [-0.05, 0) is 55.0 Å². The maximum atomic E-state index is 13.2.